The van der Waals surface area contributed by atoms with Gasteiger partial charge in [-0.05, 0) is 12.1 Å². The van der Waals surface area contributed by atoms with Gasteiger partial charge in [0, 0.05) is 43.7 Å². The van der Waals surface area contributed by atoms with Crippen molar-refractivity contribution in [3.63, 3.8) is 0 Å². The summed E-state index contributed by atoms with van der Waals surface area (Å²) in [5.74, 6) is 1.14. The maximum Gasteiger partial charge on any atom is 0.108 e. The molecule has 0 N–H and O–H groups in total. The van der Waals surface area contributed by atoms with E-state index in [4.69, 9.17) is 0 Å². The van der Waals surface area contributed by atoms with Crippen molar-refractivity contribution in [3.8, 4) is 0 Å². The van der Waals surface area contributed by atoms with Crippen molar-refractivity contribution in [2.24, 2.45) is 0 Å². The van der Waals surface area contributed by atoms with E-state index in [1.165, 1.54) is 0 Å². The minimum absolute atomic E-state index is 0.959. The highest BCUT2D eigenvalue weighted by Crippen LogP contribution is 2.02. The number of imidazole rings is 1. The molecule has 0 unspecified atom stereocenters. The molecule has 3 nitrogen and oxygen atoms in total. The Hall–Kier alpha value is -1.64. The number of hydrogen-bond acceptors (Lipinski definition) is 2. The molecule has 2 heterocycles. The van der Waals surface area contributed by atoms with Crippen LogP contribution in [0.4, 0.5) is 0 Å². The first-order chi connectivity index (χ1) is 7.40. The van der Waals surface area contributed by atoms with Crippen LogP contribution in [-0.2, 0) is 19.4 Å². The molecule has 0 bridgehead atoms. The minimum Gasteiger partial charge on any atom is -0.335 e. The fourth-order valence-corrected chi connectivity index (χ4v) is 1.64. The first kappa shape index (κ1) is 9.90. The van der Waals surface area contributed by atoms with Gasteiger partial charge in [-0.25, -0.2) is 4.98 Å². The molecule has 0 atom stereocenters. The minimum atomic E-state index is 0.959. The normalized spacial score (nSPS) is 10.5. The molecule has 2 aromatic rings. The van der Waals surface area contributed by atoms with Crippen LogP contribution in [0.1, 0.15) is 18.4 Å². The Kier molecular flexibility index (Phi) is 3.12. The molecule has 0 saturated heterocycles. The zero-order valence-corrected chi connectivity index (χ0v) is 8.93. The van der Waals surface area contributed by atoms with E-state index in [9.17, 15) is 0 Å². The lowest BCUT2D eigenvalue weighted by molar-refractivity contribution is 0.648. The van der Waals surface area contributed by atoms with Crippen molar-refractivity contribution in [2.45, 2.75) is 26.3 Å². The smallest absolute Gasteiger partial charge is 0.108 e. The van der Waals surface area contributed by atoms with Gasteiger partial charge in [-0.15, -0.1) is 0 Å². The maximum atomic E-state index is 4.30. The van der Waals surface area contributed by atoms with Gasteiger partial charge in [0.25, 0.3) is 0 Å². The van der Waals surface area contributed by atoms with Gasteiger partial charge < -0.3 is 4.57 Å². The fourth-order valence-electron chi connectivity index (χ4n) is 1.64. The lowest BCUT2D eigenvalue weighted by Gasteiger charge is -2.05. The van der Waals surface area contributed by atoms with Crippen molar-refractivity contribution in [1.82, 2.24) is 14.5 Å². The summed E-state index contributed by atoms with van der Waals surface area (Å²) in [5.41, 5.74) is 1.13. The number of aryl methyl sites for hydroxylation is 3. The van der Waals surface area contributed by atoms with Crippen LogP contribution in [0, 0.1) is 0 Å². The monoisotopic (exact) mass is 201 g/mol. The lowest BCUT2D eigenvalue weighted by atomic mass is 10.2. The molecule has 78 valence electrons. The van der Waals surface area contributed by atoms with E-state index in [0.717, 1.165) is 30.9 Å². The highest BCUT2D eigenvalue weighted by molar-refractivity contribution is 5.04. The molecule has 0 aromatic carbocycles. The molecular formula is C12H15N3. The molecule has 0 aliphatic rings. The molecule has 0 saturated carbocycles. The number of aromatic nitrogens is 3. The zero-order valence-electron chi connectivity index (χ0n) is 8.93. The summed E-state index contributed by atoms with van der Waals surface area (Å²) < 4.78 is 2.19. The third-order valence-corrected chi connectivity index (χ3v) is 2.45. The van der Waals surface area contributed by atoms with Gasteiger partial charge in [0.2, 0.25) is 0 Å². The van der Waals surface area contributed by atoms with E-state index in [1.807, 2.05) is 30.7 Å². The van der Waals surface area contributed by atoms with Crippen LogP contribution in [0.5, 0.6) is 0 Å². The molecule has 2 rings (SSSR count). The number of pyridine rings is 1. The maximum absolute atomic E-state index is 4.30. The van der Waals surface area contributed by atoms with E-state index < -0.39 is 0 Å². The van der Waals surface area contributed by atoms with Crippen molar-refractivity contribution in [1.29, 1.82) is 0 Å². The third-order valence-electron chi connectivity index (χ3n) is 2.45. The van der Waals surface area contributed by atoms with Crippen molar-refractivity contribution < 1.29 is 0 Å². The Bertz CT molecular complexity index is 406. The third kappa shape index (κ3) is 2.43. The highest BCUT2D eigenvalue weighted by Gasteiger charge is 2.00. The first-order valence-corrected chi connectivity index (χ1v) is 5.30. The molecule has 0 aliphatic carbocycles. The van der Waals surface area contributed by atoms with Crippen LogP contribution in [0.25, 0.3) is 0 Å². The average Bonchev–Trinajstić information content (AvgIpc) is 2.75. The summed E-state index contributed by atoms with van der Waals surface area (Å²) in [7, 11) is 0. The summed E-state index contributed by atoms with van der Waals surface area (Å²) in [5, 5.41) is 0. The quantitative estimate of drug-likeness (QED) is 0.758. The molecule has 0 aliphatic heterocycles. The van der Waals surface area contributed by atoms with Gasteiger partial charge in [0.15, 0.2) is 0 Å². The summed E-state index contributed by atoms with van der Waals surface area (Å²) >= 11 is 0. The molecule has 0 fully saturated rings. The van der Waals surface area contributed by atoms with Crippen LogP contribution < -0.4 is 0 Å². The average molecular weight is 201 g/mol. The summed E-state index contributed by atoms with van der Waals surface area (Å²) in [6, 6.07) is 6.03. The Morgan fingerprint density at radius 2 is 2.13 bits per heavy atom. The second kappa shape index (κ2) is 4.73. The van der Waals surface area contributed by atoms with E-state index in [0.29, 0.717) is 0 Å². The fraction of sp³-hybridized carbons (Fsp3) is 0.333. The predicted octanol–water partition coefficient (Wildman–Crippen LogP) is 2.08. The second-order valence-electron chi connectivity index (χ2n) is 3.46. The Morgan fingerprint density at radius 3 is 2.87 bits per heavy atom. The van der Waals surface area contributed by atoms with Crippen LogP contribution in [-0.4, -0.2) is 14.5 Å². The molecular weight excluding hydrogens is 186 g/mol. The lowest BCUT2D eigenvalue weighted by Crippen LogP contribution is -2.05. The van der Waals surface area contributed by atoms with Crippen molar-refractivity contribution in [2.75, 3.05) is 0 Å². The standard InChI is InChI=1S/C12H15N3/c1-2-12-14-8-10-15(12)9-6-11-5-3-4-7-13-11/h3-5,7-8,10H,2,6,9H2,1H3. The zero-order chi connectivity index (χ0) is 10.5. The topological polar surface area (TPSA) is 30.7 Å². The van der Waals surface area contributed by atoms with Crippen molar-refractivity contribution in [3.05, 3.63) is 48.3 Å². The van der Waals surface area contributed by atoms with Gasteiger partial charge >= 0.3 is 0 Å². The predicted molar refractivity (Wildman–Crippen MR) is 59.5 cm³/mol. The van der Waals surface area contributed by atoms with Crippen molar-refractivity contribution >= 4 is 0 Å². The molecule has 0 spiro atoms. The first-order valence-electron chi connectivity index (χ1n) is 5.30. The van der Waals surface area contributed by atoms with E-state index in [1.54, 1.807) is 0 Å². The Balaban J connectivity index is 1.99. The molecule has 2 aromatic heterocycles. The number of nitrogens with zero attached hydrogens (tertiary/aromatic N) is 3. The molecule has 15 heavy (non-hydrogen) atoms. The Labute approximate surface area is 89.8 Å². The molecule has 0 radical (unpaired) electrons. The van der Waals surface area contributed by atoms with Gasteiger partial charge in [-0.1, -0.05) is 13.0 Å². The molecule has 0 amide bonds. The van der Waals surface area contributed by atoms with Gasteiger partial charge in [-0.2, -0.15) is 0 Å². The number of hydrogen-bond donors (Lipinski definition) is 0. The summed E-state index contributed by atoms with van der Waals surface area (Å²) in [6.45, 7) is 3.08. The van der Waals surface area contributed by atoms with Crippen LogP contribution in [0.15, 0.2) is 36.8 Å². The van der Waals surface area contributed by atoms with Crippen LogP contribution in [0.2, 0.25) is 0 Å². The SMILES string of the molecule is CCc1nccn1CCc1ccccn1. The van der Waals surface area contributed by atoms with E-state index in [2.05, 4.69) is 27.5 Å². The summed E-state index contributed by atoms with van der Waals surface area (Å²) in [4.78, 5) is 8.59. The Morgan fingerprint density at radius 1 is 1.20 bits per heavy atom. The van der Waals surface area contributed by atoms with Crippen LogP contribution in [0.3, 0.4) is 0 Å². The second-order valence-corrected chi connectivity index (χ2v) is 3.46. The summed E-state index contributed by atoms with van der Waals surface area (Å²) in [6.07, 6.45) is 7.67. The van der Waals surface area contributed by atoms with Gasteiger partial charge in [-0.3, -0.25) is 4.98 Å². The van der Waals surface area contributed by atoms with Gasteiger partial charge in [0.1, 0.15) is 5.82 Å². The van der Waals surface area contributed by atoms with E-state index in [-0.39, 0.29) is 0 Å². The van der Waals surface area contributed by atoms with Gasteiger partial charge in [0.05, 0.1) is 0 Å². The van der Waals surface area contributed by atoms with E-state index >= 15 is 0 Å². The van der Waals surface area contributed by atoms with Crippen LogP contribution >= 0.6 is 0 Å². The largest absolute Gasteiger partial charge is 0.335 e. The highest BCUT2D eigenvalue weighted by atomic mass is 15.1. The number of rotatable bonds is 4. The molecule has 3 heteroatoms.